The normalized spacial score (nSPS) is 21.4. The fourth-order valence-electron chi connectivity index (χ4n) is 5.49. The van der Waals surface area contributed by atoms with Crippen LogP contribution in [0.3, 0.4) is 0 Å². The molecule has 1 aliphatic heterocycles. The molecule has 1 amide bonds. The predicted octanol–water partition coefficient (Wildman–Crippen LogP) is 6.21. The van der Waals surface area contributed by atoms with Gasteiger partial charge in [-0.1, -0.05) is 69.7 Å². The average molecular weight is 485 g/mol. The van der Waals surface area contributed by atoms with Gasteiger partial charge in [0.15, 0.2) is 0 Å². The average Bonchev–Trinajstić information content (AvgIpc) is 2.75. The first-order valence-electron chi connectivity index (χ1n) is 13.2. The van der Waals surface area contributed by atoms with E-state index < -0.39 is 11.1 Å². The summed E-state index contributed by atoms with van der Waals surface area (Å²) in [5.74, 6) is -0.123. The lowest BCUT2D eigenvalue weighted by molar-refractivity contribution is -0.246. The van der Waals surface area contributed by atoms with E-state index in [1.165, 1.54) is 16.2 Å². The van der Waals surface area contributed by atoms with Crippen LogP contribution in [0.25, 0.3) is 0 Å². The van der Waals surface area contributed by atoms with Gasteiger partial charge in [0.1, 0.15) is 5.78 Å². The Morgan fingerprint density at radius 2 is 1.60 bits per heavy atom. The molecule has 0 aromatic heterocycles. The topological polar surface area (TPSA) is 69.6 Å². The Hall–Kier alpha value is -1.98. The van der Waals surface area contributed by atoms with Crippen LogP contribution in [0.2, 0.25) is 0 Å². The van der Waals surface area contributed by atoms with Gasteiger partial charge in [0.2, 0.25) is 5.91 Å². The van der Waals surface area contributed by atoms with Crippen LogP contribution in [0.15, 0.2) is 42.0 Å². The van der Waals surface area contributed by atoms with Gasteiger partial charge in [-0.15, -0.1) is 0 Å². The minimum Gasteiger partial charge on any atom is -0.353 e. The van der Waals surface area contributed by atoms with Crippen molar-refractivity contribution in [1.82, 2.24) is 10.4 Å². The lowest BCUT2D eigenvalue weighted by Gasteiger charge is -2.51. The zero-order valence-corrected chi connectivity index (χ0v) is 23.4. The molecule has 0 saturated carbocycles. The summed E-state index contributed by atoms with van der Waals surface area (Å²) in [6, 6.07) is 10.4. The Bertz CT molecular complexity index is 870. The van der Waals surface area contributed by atoms with Gasteiger partial charge in [-0.3, -0.25) is 9.59 Å². The smallest absolute Gasteiger partial charge is 0.224 e. The second-order valence-electron chi connectivity index (χ2n) is 12.4. The highest BCUT2D eigenvalue weighted by Crippen LogP contribution is 2.37. The fourth-order valence-corrected chi connectivity index (χ4v) is 5.49. The molecule has 0 radical (unpaired) electrons. The van der Waals surface area contributed by atoms with Gasteiger partial charge in [-0.05, 0) is 71.3 Å². The molecule has 1 aromatic carbocycles. The molecule has 1 fully saturated rings. The molecule has 5 heteroatoms. The molecule has 35 heavy (non-hydrogen) atoms. The summed E-state index contributed by atoms with van der Waals surface area (Å²) in [5.41, 5.74) is 1.63. The van der Waals surface area contributed by atoms with E-state index in [0.29, 0.717) is 18.8 Å². The first-order valence-corrected chi connectivity index (χ1v) is 13.2. The third-order valence-electron chi connectivity index (χ3n) is 7.73. The van der Waals surface area contributed by atoms with E-state index in [-0.39, 0.29) is 41.9 Å². The van der Waals surface area contributed by atoms with Gasteiger partial charge < -0.3 is 10.5 Å². The molecule has 196 valence electrons. The summed E-state index contributed by atoms with van der Waals surface area (Å²) in [6.07, 6.45) is 4.59. The van der Waals surface area contributed by atoms with E-state index >= 15 is 0 Å². The highest BCUT2D eigenvalue weighted by Gasteiger charge is 2.45. The Kier molecular flexibility index (Phi) is 9.89. The number of amides is 1. The predicted molar refractivity (Wildman–Crippen MR) is 143 cm³/mol. The molecule has 2 N–H and O–H groups in total. The Morgan fingerprint density at radius 3 is 2.11 bits per heavy atom. The minimum absolute atomic E-state index is 0.0364. The molecular formula is C30H48N2O3. The summed E-state index contributed by atoms with van der Waals surface area (Å²) in [4.78, 5) is 26.4. The molecule has 1 aromatic rings. The van der Waals surface area contributed by atoms with Crippen LogP contribution in [-0.2, 0) is 16.0 Å². The molecule has 1 saturated heterocycles. The van der Waals surface area contributed by atoms with E-state index in [9.17, 15) is 14.8 Å². The van der Waals surface area contributed by atoms with Crippen LogP contribution >= 0.6 is 0 Å². The number of benzene rings is 1. The number of ketones is 1. The Morgan fingerprint density at radius 1 is 1.06 bits per heavy atom. The number of carbonyl (C=O) groups excluding carboxylic acids is 2. The number of nitrogens with one attached hydrogen (secondary N) is 1. The lowest BCUT2D eigenvalue weighted by atomic mass is 9.78. The number of nitrogens with zero attached hydrogens (tertiary/aromatic N) is 1. The summed E-state index contributed by atoms with van der Waals surface area (Å²) < 4.78 is 0. The first kappa shape index (κ1) is 29.3. The van der Waals surface area contributed by atoms with E-state index in [1.54, 1.807) is 0 Å². The van der Waals surface area contributed by atoms with Crippen LogP contribution in [0, 0.1) is 23.7 Å². The van der Waals surface area contributed by atoms with Crippen LogP contribution in [0.4, 0.5) is 0 Å². The molecular weight excluding hydrogens is 436 g/mol. The summed E-state index contributed by atoms with van der Waals surface area (Å²) in [5, 5.41) is 15.2. The van der Waals surface area contributed by atoms with Gasteiger partial charge >= 0.3 is 0 Å². The molecule has 0 bridgehead atoms. The van der Waals surface area contributed by atoms with Crippen LogP contribution in [-0.4, -0.2) is 39.1 Å². The van der Waals surface area contributed by atoms with Crippen molar-refractivity contribution in [2.24, 2.45) is 23.7 Å². The molecule has 5 nitrogen and oxygen atoms in total. The van der Waals surface area contributed by atoms with Crippen molar-refractivity contribution in [3.63, 3.8) is 0 Å². The summed E-state index contributed by atoms with van der Waals surface area (Å²) in [7, 11) is 0. The third-order valence-corrected chi connectivity index (χ3v) is 7.73. The van der Waals surface area contributed by atoms with Gasteiger partial charge in [0.25, 0.3) is 0 Å². The lowest BCUT2D eigenvalue weighted by Crippen LogP contribution is -2.63. The van der Waals surface area contributed by atoms with E-state index in [2.05, 4.69) is 49.5 Å². The zero-order valence-electron chi connectivity index (χ0n) is 23.4. The number of piperidine rings is 1. The highest BCUT2D eigenvalue weighted by atomic mass is 16.5. The maximum Gasteiger partial charge on any atom is 0.224 e. The molecule has 1 aliphatic rings. The van der Waals surface area contributed by atoms with Crippen LogP contribution < -0.4 is 5.32 Å². The molecule has 0 unspecified atom stereocenters. The number of allylic oxidation sites excluding steroid dienone is 2. The quantitative estimate of drug-likeness (QED) is 0.388. The third kappa shape index (κ3) is 8.01. The summed E-state index contributed by atoms with van der Waals surface area (Å²) >= 11 is 0. The number of rotatable bonds is 10. The van der Waals surface area contributed by atoms with Crippen molar-refractivity contribution in [3.8, 4) is 0 Å². The standard InChI is InChI=1S/C30H48N2O3/c1-20(2)26(28(34)31-25-18-29(6,7)32(35)30(8,9)19-25)17-27(33)23(5)15-21(3)22(4)16-24-13-11-10-12-14-24/h10-15,20,22-23,25-26,35H,16-19H2,1-9H3,(H,31,34)/b21-15+/t22-,23-,26+/m1/s1. The highest BCUT2D eigenvalue weighted by molar-refractivity contribution is 5.89. The van der Waals surface area contributed by atoms with E-state index in [0.717, 1.165) is 6.42 Å². The van der Waals surface area contributed by atoms with E-state index in [1.807, 2.05) is 54.5 Å². The second kappa shape index (κ2) is 11.8. The van der Waals surface area contributed by atoms with Gasteiger partial charge in [0, 0.05) is 35.4 Å². The minimum atomic E-state index is -0.434. The van der Waals surface area contributed by atoms with Crippen molar-refractivity contribution >= 4 is 11.7 Å². The number of hydrogen-bond donors (Lipinski definition) is 2. The van der Waals surface area contributed by atoms with Gasteiger partial charge in [-0.2, -0.15) is 5.06 Å². The largest absolute Gasteiger partial charge is 0.353 e. The molecule has 3 atom stereocenters. The Labute approximate surface area is 213 Å². The van der Waals surface area contributed by atoms with Gasteiger partial charge in [-0.25, -0.2) is 0 Å². The zero-order chi connectivity index (χ0) is 26.6. The second-order valence-corrected chi connectivity index (χ2v) is 12.4. The summed E-state index contributed by atoms with van der Waals surface area (Å²) in [6.45, 7) is 18.2. The van der Waals surface area contributed by atoms with E-state index in [4.69, 9.17) is 0 Å². The molecule has 0 aliphatic carbocycles. The number of hydroxylamine groups is 2. The maximum absolute atomic E-state index is 13.3. The first-order chi connectivity index (χ1) is 16.1. The molecule has 0 spiro atoms. The van der Waals surface area contributed by atoms with Crippen LogP contribution in [0.1, 0.15) is 87.1 Å². The Balaban J connectivity index is 2.02. The van der Waals surface area contributed by atoms with Crippen molar-refractivity contribution in [2.75, 3.05) is 0 Å². The fraction of sp³-hybridized carbons (Fsp3) is 0.667. The van der Waals surface area contributed by atoms with Crippen LogP contribution in [0.5, 0.6) is 0 Å². The monoisotopic (exact) mass is 484 g/mol. The SMILES string of the molecule is C/C(=C\[C@@H](C)C(=O)C[C@H](C(=O)NC1CC(C)(C)N(O)C(C)(C)C1)C(C)C)[C@H](C)Cc1ccccc1. The number of hydrogen-bond acceptors (Lipinski definition) is 4. The molecule has 2 rings (SSSR count). The van der Waals surface area contributed by atoms with Crippen molar-refractivity contribution in [2.45, 2.75) is 105 Å². The number of Topliss-reactive ketones (excluding diaryl/α,β-unsaturated/α-hetero) is 1. The van der Waals surface area contributed by atoms with Crippen molar-refractivity contribution in [3.05, 3.63) is 47.5 Å². The number of carbonyl (C=O) groups is 2. The maximum atomic E-state index is 13.3. The molecule has 1 heterocycles. The van der Waals surface area contributed by atoms with Crippen molar-refractivity contribution in [1.29, 1.82) is 0 Å². The van der Waals surface area contributed by atoms with Gasteiger partial charge in [0.05, 0.1) is 0 Å². The van der Waals surface area contributed by atoms with Crippen molar-refractivity contribution < 1.29 is 14.8 Å².